The van der Waals surface area contributed by atoms with Crippen LogP contribution in [0.2, 0.25) is 0 Å². The van der Waals surface area contributed by atoms with Gasteiger partial charge in [0, 0.05) is 12.6 Å². The Morgan fingerprint density at radius 1 is 1.60 bits per heavy atom. The number of hydroxylamine groups is 2. The molecule has 3 nitrogen and oxygen atoms in total. The molecular formula is C7H16N2O. The predicted octanol–water partition coefficient (Wildman–Crippen LogP) is 1.06. The highest BCUT2D eigenvalue weighted by molar-refractivity contribution is 4.69. The lowest BCUT2D eigenvalue weighted by atomic mass is 10.0. The molecule has 0 spiro atoms. The summed E-state index contributed by atoms with van der Waals surface area (Å²) in [6, 6.07) is 0.554. The number of nitrogens with two attached hydrogens (primary N) is 1. The predicted molar refractivity (Wildman–Crippen MR) is 39.9 cm³/mol. The molecule has 1 aliphatic rings. The van der Waals surface area contributed by atoms with Crippen LogP contribution < -0.4 is 5.90 Å². The average molecular weight is 144 g/mol. The summed E-state index contributed by atoms with van der Waals surface area (Å²) in [4.78, 5) is 4.73. The van der Waals surface area contributed by atoms with Gasteiger partial charge in [-0.2, -0.15) is 11.0 Å². The molecule has 1 heterocycles. The smallest absolute Gasteiger partial charge is 0.0369 e. The molecule has 0 aromatic heterocycles. The summed E-state index contributed by atoms with van der Waals surface area (Å²) in [5.74, 6) is 5.10. The third kappa shape index (κ3) is 1.68. The largest absolute Gasteiger partial charge is 0.214 e. The highest BCUT2D eigenvalue weighted by atomic mass is 16.8. The second-order valence-electron chi connectivity index (χ2n) is 2.80. The average Bonchev–Trinajstić information content (AvgIpc) is 2.04. The lowest BCUT2D eigenvalue weighted by Gasteiger charge is -2.31. The molecule has 1 atom stereocenters. The van der Waals surface area contributed by atoms with E-state index in [2.05, 4.69) is 6.92 Å². The van der Waals surface area contributed by atoms with Gasteiger partial charge in [0.15, 0.2) is 0 Å². The maximum absolute atomic E-state index is 5.10. The third-order valence-corrected chi connectivity index (χ3v) is 2.18. The number of piperidine rings is 1. The van der Waals surface area contributed by atoms with Gasteiger partial charge < -0.3 is 0 Å². The Bertz CT molecular complexity index is 85.6. The first-order chi connectivity index (χ1) is 4.88. The summed E-state index contributed by atoms with van der Waals surface area (Å²) in [7, 11) is 0. The molecule has 2 N–H and O–H groups in total. The molecule has 1 saturated heterocycles. The molecule has 1 fully saturated rings. The fourth-order valence-corrected chi connectivity index (χ4v) is 1.52. The Hall–Kier alpha value is -0.120. The Morgan fingerprint density at radius 2 is 2.40 bits per heavy atom. The molecule has 1 rings (SSSR count). The highest BCUT2D eigenvalue weighted by Crippen LogP contribution is 2.18. The van der Waals surface area contributed by atoms with Crippen LogP contribution in [0.25, 0.3) is 0 Å². The first-order valence-electron chi connectivity index (χ1n) is 4.02. The Balaban J connectivity index is 2.34. The number of rotatable bonds is 2. The summed E-state index contributed by atoms with van der Waals surface area (Å²) in [5.41, 5.74) is 0. The van der Waals surface area contributed by atoms with Crippen molar-refractivity contribution >= 4 is 0 Å². The molecule has 0 saturated carbocycles. The zero-order valence-corrected chi connectivity index (χ0v) is 6.55. The van der Waals surface area contributed by atoms with Gasteiger partial charge in [0.2, 0.25) is 0 Å². The van der Waals surface area contributed by atoms with E-state index in [9.17, 15) is 0 Å². The van der Waals surface area contributed by atoms with Crippen LogP contribution in [0.15, 0.2) is 0 Å². The number of hydrogen-bond donors (Lipinski definition) is 1. The minimum atomic E-state index is 0.554. The van der Waals surface area contributed by atoms with E-state index in [0.717, 1.165) is 13.0 Å². The first-order valence-corrected chi connectivity index (χ1v) is 4.02. The van der Waals surface area contributed by atoms with Crippen LogP contribution in [-0.4, -0.2) is 17.6 Å². The zero-order chi connectivity index (χ0) is 7.40. The van der Waals surface area contributed by atoms with Gasteiger partial charge >= 0.3 is 0 Å². The standard InChI is InChI=1S/C7H16N2O/c1-2-7-5-3-4-6-9(7)10-8/h7H,2-6,8H2,1H3. The van der Waals surface area contributed by atoms with Crippen molar-refractivity contribution in [2.75, 3.05) is 6.54 Å². The zero-order valence-electron chi connectivity index (χ0n) is 6.55. The Morgan fingerprint density at radius 3 is 2.90 bits per heavy atom. The lowest BCUT2D eigenvalue weighted by Crippen LogP contribution is -2.40. The monoisotopic (exact) mass is 144 g/mol. The molecule has 0 bridgehead atoms. The minimum Gasteiger partial charge on any atom is -0.214 e. The summed E-state index contributed by atoms with van der Waals surface area (Å²) < 4.78 is 0. The van der Waals surface area contributed by atoms with Crippen molar-refractivity contribution in [3.8, 4) is 0 Å². The molecule has 0 aromatic rings. The second kappa shape index (κ2) is 3.91. The maximum atomic E-state index is 5.10. The van der Waals surface area contributed by atoms with E-state index in [4.69, 9.17) is 10.8 Å². The molecule has 10 heavy (non-hydrogen) atoms. The van der Waals surface area contributed by atoms with Crippen LogP contribution in [0.1, 0.15) is 32.6 Å². The van der Waals surface area contributed by atoms with Gasteiger partial charge in [0.25, 0.3) is 0 Å². The molecule has 0 aromatic carbocycles. The molecule has 1 unspecified atom stereocenters. The fourth-order valence-electron chi connectivity index (χ4n) is 1.52. The summed E-state index contributed by atoms with van der Waals surface area (Å²) in [6.45, 7) is 3.16. The summed E-state index contributed by atoms with van der Waals surface area (Å²) >= 11 is 0. The summed E-state index contributed by atoms with van der Waals surface area (Å²) in [6.07, 6.45) is 4.90. The van der Waals surface area contributed by atoms with Crippen LogP contribution in [-0.2, 0) is 4.94 Å². The van der Waals surface area contributed by atoms with Crippen molar-refractivity contribution in [3.63, 3.8) is 0 Å². The van der Waals surface area contributed by atoms with E-state index in [1.54, 1.807) is 0 Å². The van der Waals surface area contributed by atoms with E-state index in [1.165, 1.54) is 19.3 Å². The van der Waals surface area contributed by atoms with E-state index in [0.29, 0.717) is 6.04 Å². The molecule has 0 radical (unpaired) electrons. The van der Waals surface area contributed by atoms with Crippen molar-refractivity contribution < 1.29 is 4.94 Å². The van der Waals surface area contributed by atoms with Gasteiger partial charge in [0.05, 0.1) is 0 Å². The Kier molecular flexibility index (Phi) is 3.12. The van der Waals surface area contributed by atoms with E-state index in [-0.39, 0.29) is 0 Å². The van der Waals surface area contributed by atoms with Crippen LogP contribution in [0.4, 0.5) is 0 Å². The van der Waals surface area contributed by atoms with E-state index < -0.39 is 0 Å². The van der Waals surface area contributed by atoms with Crippen LogP contribution in [0.5, 0.6) is 0 Å². The van der Waals surface area contributed by atoms with Gasteiger partial charge in [-0.3, -0.25) is 0 Å². The van der Waals surface area contributed by atoms with Gasteiger partial charge in [-0.05, 0) is 19.3 Å². The van der Waals surface area contributed by atoms with Gasteiger partial charge in [-0.25, -0.2) is 4.94 Å². The number of nitrogens with zero attached hydrogens (tertiary/aromatic N) is 1. The Labute approximate surface area is 62.0 Å². The molecule has 0 amide bonds. The molecule has 0 aliphatic carbocycles. The van der Waals surface area contributed by atoms with Gasteiger partial charge in [-0.15, -0.1) is 0 Å². The molecule has 60 valence electrons. The molecular weight excluding hydrogens is 128 g/mol. The topological polar surface area (TPSA) is 38.5 Å². The molecule has 1 aliphatic heterocycles. The first kappa shape index (κ1) is 7.98. The van der Waals surface area contributed by atoms with Crippen molar-refractivity contribution in [3.05, 3.63) is 0 Å². The second-order valence-corrected chi connectivity index (χ2v) is 2.80. The lowest BCUT2D eigenvalue weighted by molar-refractivity contribution is -0.202. The van der Waals surface area contributed by atoms with Gasteiger partial charge in [0.1, 0.15) is 0 Å². The minimum absolute atomic E-state index is 0.554. The van der Waals surface area contributed by atoms with Crippen molar-refractivity contribution in [2.24, 2.45) is 5.90 Å². The van der Waals surface area contributed by atoms with Crippen molar-refractivity contribution in [1.29, 1.82) is 0 Å². The normalized spacial score (nSPS) is 28.8. The van der Waals surface area contributed by atoms with E-state index in [1.807, 2.05) is 5.06 Å². The van der Waals surface area contributed by atoms with Crippen molar-refractivity contribution in [1.82, 2.24) is 5.06 Å². The third-order valence-electron chi connectivity index (χ3n) is 2.18. The maximum Gasteiger partial charge on any atom is 0.0369 e. The SMILES string of the molecule is CCC1CCCCN1ON. The van der Waals surface area contributed by atoms with Crippen molar-refractivity contribution in [2.45, 2.75) is 38.6 Å². The van der Waals surface area contributed by atoms with Crippen LogP contribution >= 0.6 is 0 Å². The van der Waals surface area contributed by atoms with Crippen LogP contribution in [0.3, 0.4) is 0 Å². The van der Waals surface area contributed by atoms with Crippen LogP contribution in [0, 0.1) is 0 Å². The quantitative estimate of drug-likeness (QED) is 0.589. The van der Waals surface area contributed by atoms with E-state index >= 15 is 0 Å². The fraction of sp³-hybridized carbons (Fsp3) is 1.00. The number of hydrogen-bond acceptors (Lipinski definition) is 3. The summed E-state index contributed by atoms with van der Waals surface area (Å²) in [5, 5.41) is 1.89. The molecule has 3 heteroatoms. The van der Waals surface area contributed by atoms with Gasteiger partial charge in [-0.1, -0.05) is 13.3 Å². The highest BCUT2D eigenvalue weighted by Gasteiger charge is 2.20.